The molecule has 1 aromatic rings. The minimum Gasteiger partial charge on any atom is -0.422 e. The van der Waals surface area contributed by atoms with Crippen LogP contribution in [0.1, 0.15) is 30.5 Å². The predicted molar refractivity (Wildman–Crippen MR) is 64.8 cm³/mol. The van der Waals surface area contributed by atoms with Gasteiger partial charge in [0.05, 0.1) is 5.59 Å². The van der Waals surface area contributed by atoms with Crippen molar-refractivity contribution in [1.82, 2.24) is 9.97 Å². The quantitative estimate of drug-likeness (QED) is 0.325. The number of primary amides is 1. The summed E-state index contributed by atoms with van der Waals surface area (Å²) in [6.45, 7) is 0. The number of nitrogens with zero attached hydrogens (tertiary/aromatic N) is 1. The Balaban J connectivity index is 3.00. The van der Waals surface area contributed by atoms with Gasteiger partial charge in [-0.3, -0.25) is 4.79 Å². The monoisotopic (exact) mass is 310 g/mol. The molecule has 118 valence electrons. The summed E-state index contributed by atoms with van der Waals surface area (Å²) in [7, 11) is -2.45. The molecular formula is C9H14BF3N4O4. The number of hydrogen-bond acceptors (Lipinski definition) is 6. The Morgan fingerprint density at radius 1 is 1.43 bits per heavy atom. The van der Waals surface area contributed by atoms with Gasteiger partial charge < -0.3 is 31.6 Å². The third-order valence-corrected chi connectivity index (χ3v) is 2.69. The topological polar surface area (TPSA) is 158 Å². The van der Waals surface area contributed by atoms with Crippen LogP contribution in [-0.4, -0.2) is 44.2 Å². The molecule has 0 spiro atoms. The smallest absolute Gasteiger partial charge is 0.422 e. The number of aliphatic hydroxyl groups is 1. The molecular weight excluding hydrogens is 296 g/mol. The van der Waals surface area contributed by atoms with Gasteiger partial charge in [-0.05, 0) is 6.42 Å². The number of carbonyl (C=O) groups excluding carboxylic acids is 1. The van der Waals surface area contributed by atoms with E-state index < -0.39 is 48.5 Å². The second-order valence-electron chi connectivity index (χ2n) is 4.37. The van der Waals surface area contributed by atoms with E-state index in [2.05, 4.69) is 4.98 Å². The summed E-state index contributed by atoms with van der Waals surface area (Å²) >= 11 is 0. The fraction of sp³-hybridized carbons (Fsp3) is 0.556. The van der Waals surface area contributed by atoms with E-state index in [4.69, 9.17) is 21.5 Å². The number of carbonyl (C=O) groups is 1. The van der Waals surface area contributed by atoms with Gasteiger partial charge in [0.25, 0.3) is 0 Å². The number of nitrogens with two attached hydrogens (primary N) is 2. The minimum atomic E-state index is -4.94. The van der Waals surface area contributed by atoms with Crippen LogP contribution in [0.25, 0.3) is 0 Å². The van der Waals surface area contributed by atoms with Crippen molar-refractivity contribution < 1.29 is 33.1 Å². The van der Waals surface area contributed by atoms with Crippen LogP contribution in [0.2, 0.25) is 0 Å². The molecule has 0 saturated heterocycles. The van der Waals surface area contributed by atoms with Gasteiger partial charge in [-0.2, -0.15) is 13.2 Å². The fourth-order valence-electron chi connectivity index (χ4n) is 1.62. The number of halogens is 3. The average Bonchev–Trinajstić information content (AvgIpc) is 2.79. The molecule has 0 aliphatic heterocycles. The van der Waals surface area contributed by atoms with Crippen LogP contribution in [-0.2, 0) is 11.0 Å². The number of amides is 1. The van der Waals surface area contributed by atoms with Crippen LogP contribution in [0.5, 0.6) is 0 Å². The third-order valence-electron chi connectivity index (χ3n) is 2.69. The van der Waals surface area contributed by atoms with Crippen molar-refractivity contribution >= 4 is 18.6 Å². The van der Waals surface area contributed by atoms with Crippen molar-refractivity contribution in [1.29, 1.82) is 0 Å². The van der Waals surface area contributed by atoms with Gasteiger partial charge in [-0.25, -0.2) is 4.98 Å². The van der Waals surface area contributed by atoms with E-state index >= 15 is 0 Å². The molecule has 21 heavy (non-hydrogen) atoms. The number of H-pyrrole nitrogens is 1. The van der Waals surface area contributed by atoms with Crippen molar-refractivity contribution in [2.24, 2.45) is 11.5 Å². The average molecular weight is 310 g/mol. The van der Waals surface area contributed by atoms with Gasteiger partial charge >= 0.3 is 13.3 Å². The molecule has 0 fully saturated rings. The number of hydrogen-bond donors (Lipinski definition) is 6. The Bertz CT molecular complexity index is 508. The molecule has 1 rings (SSSR count). The van der Waals surface area contributed by atoms with E-state index in [1.54, 1.807) is 0 Å². The van der Waals surface area contributed by atoms with Crippen molar-refractivity contribution in [3.05, 3.63) is 11.5 Å². The molecule has 1 unspecified atom stereocenters. The third kappa shape index (κ3) is 4.42. The molecule has 8 nitrogen and oxygen atoms in total. The van der Waals surface area contributed by atoms with E-state index in [1.807, 2.05) is 4.98 Å². The molecule has 1 amide bonds. The highest BCUT2D eigenvalue weighted by Gasteiger charge is 2.41. The summed E-state index contributed by atoms with van der Waals surface area (Å²) in [6, 6.07) is -1.10. The number of aliphatic hydroxyl groups excluding tert-OH is 1. The van der Waals surface area contributed by atoms with Crippen LogP contribution >= 0.6 is 0 Å². The van der Waals surface area contributed by atoms with E-state index in [9.17, 15) is 23.1 Å². The molecule has 0 radical (unpaired) electrons. The maximum Gasteiger partial charge on any atom is 0.508 e. The van der Waals surface area contributed by atoms with Crippen molar-refractivity contribution in [2.75, 3.05) is 0 Å². The van der Waals surface area contributed by atoms with Crippen molar-refractivity contribution in [3.63, 3.8) is 0 Å². The van der Waals surface area contributed by atoms with Gasteiger partial charge in [0, 0.05) is 12.5 Å². The second kappa shape index (κ2) is 6.43. The highest BCUT2D eigenvalue weighted by Crippen LogP contribution is 2.28. The SMILES string of the molecule is NC(=O)CC[C@H](N)C(O)c1nc(C(F)(F)F)c(B(O)O)[nH]1. The molecule has 0 aliphatic rings. The van der Waals surface area contributed by atoms with E-state index in [0.717, 1.165) is 0 Å². The molecule has 0 aromatic carbocycles. The molecule has 0 saturated carbocycles. The zero-order chi connectivity index (χ0) is 16.4. The highest BCUT2D eigenvalue weighted by molar-refractivity contribution is 6.58. The Labute approximate surface area is 117 Å². The minimum absolute atomic E-state index is 0.0738. The Hall–Kier alpha value is -1.63. The molecule has 1 heterocycles. The summed E-state index contributed by atoms with van der Waals surface area (Å²) in [4.78, 5) is 15.7. The lowest BCUT2D eigenvalue weighted by Crippen LogP contribution is -2.37. The fourth-order valence-corrected chi connectivity index (χ4v) is 1.62. The number of aromatic amines is 1. The predicted octanol–water partition coefficient (Wildman–Crippen LogP) is -2.27. The zero-order valence-corrected chi connectivity index (χ0v) is 10.6. The second-order valence-corrected chi connectivity index (χ2v) is 4.37. The first kappa shape index (κ1) is 17.4. The van der Waals surface area contributed by atoms with Crippen LogP contribution < -0.4 is 17.1 Å². The first-order valence-corrected chi connectivity index (χ1v) is 5.79. The van der Waals surface area contributed by atoms with Gasteiger partial charge in [0.2, 0.25) is 5.91 Å². The number of nitrogens with one attached hydrogen (secondary N) is 1. The number of imidazole rings is 1. The standard InChI is InChI=1S/C9H14BF3N4O4/c11-9(12,13)6-7(10(20)21)17-8(16-6)5(19)3(14)1-2-4(15)18/h3,5,19-21H,1-2,14H2,(H2,15,18)(H,16,17)/t3-,5?/m0/s1. The van der Waals surface area contributed by atoms with Crippen molar-refractivity contribution in [3.8, 4) is 0 Å². The van der Waals surface area contributed by atoms with Gasteiger partial charge in [-0.1, -0.05) is 0 Å². The number of alkyl halides is 3. The molecule has 0 bridgehead atoms. The lowest BCUT2D eigenvalue weighted by Gasteiger charge is -2.16. The van der Waals surface area contributed by atoms with E-state index in [-0.39, 0.29) is 12.8 Å². The maximum absolute atomic E-state index is 12.7. The molecule has 0 aliphatic carbocycles. The maximum atomic E-state index is 12.7. The van der Waals surface area contributed by atoms with Gasteiger partial charge in [0.1, 0.15) is 11.9 Å². The van der Waals surface area contributed by atoms with Crippen LogP contribution in [0.4, 0.5) is 13.2 Å². The van der Waals surface area contributed by atoms with E-state index in [0.29, 0.717) is 0 Å². The zero-order valence-electron chi connectivity index (χ0n) is 10.6. The first-order chi connectivity index (χ1) is 9.54. The number of rotatable bonds is 6. The Kier molecular flexibility index (Phi) is 5.33. The molecule has 12 heteroatoms. The summed E-state index contributed by atoms with van der Waals surface area (Å²) in [6.07, 6.45) is -6.83. The molecule has 1 aromatic heterocycles. The summed E-state index contributed by atoms with van der Waals surface area (Å²) in [5, 5.41) is 27.6. The largest absolute Gasteiger partial charge is 0.508 e. The van der Waals surface area contributed by atoms with Crippen LogP contribution in [0, 0.1) is 0 Å². The Morgan fingerprint density at radius 2 is 2.00 bits per heavy atom. The normalized spacial score (nSPS) is 14.8. The molecule has 2 atom stereocenters. The highest BCUT2D eigenvalue weighted by atomic mass is 19.4. The summed E-state index contributed by atoms with van der Waals surface area (Å²) in [5.74, 6) is -1.26. The summed E-state index contributed by atoms with van der Waals surface area (Å²) < 4.78 is 38.0. The van der Waals surface area contributed by atoms with Gasteiger partial charge in [0.15, 0.2) is 5.69 Å². The van der Waals surface area contributed by atoms with Crippen LogP contribution in [0.15, 0.2) is 0 Å². The van der Waals surface area contributed by atoms with Gasteiger partial charge in [-0.15, -0.1) is 0 Å². The van der Waals surface area contributed by atoms with Crippen LogP contribution in [0.3, 0.4) is 0 Å². The van der Waals surface area contributed by atoms with E-state index in [1.165, 1.54) is 0 Å². The summed E-state index contributed by atoms with van der Waals surface area (Å²) in [5.41, 5.74) is 7.85. The molecule has 8 N–H and O–H groups in total. The lowest BCUT2D eigenvalue weighted by molar-refractivity contribution is -0.140. The Morgan fingerprint density at radius 3 is 2.38 bits per heavy atom. The number of aromatic nitrogens is 2. The lowest BCUT2D eigenvalue weighted by atomic mass is 9.84. The first-order valence-electron chi connectivity index (χ1n) is 5.79. The van der Waals surface area contributed by atoms with Crippen molar-refractivity contribution in [2.45, 2.75) is 31.2 Å².